The maximum Gasteiger partial charge on any atom is 0.293 e. The fraction of sp³-hybridized carbons (Fsp3) is 0.350. The molecule has 3 rings (SSSR count). The zero-order chi connectivity index (χ0) is 18.5. The van der Waals surface area contributed by atoms with Crippen LogP contribution in [0.4, 0.5) is 11.4 Å². The minimum atomic E-state index is -0.514. The zero-order valence-electron chi connectivity index (χ0n) is 15.0. The number of benzene rings is 1. The number of rotatable bonds is 5. The number of anilines is 2. The summed E-state index contributed by atoms with van der Waals surface area (Å²) in [4.78, 5) is 26.2. The molecule has 2 aromatic rings. The van der Waals surface area contributed by atoms with Crippen LogP contribution in [0.15, 0.2) is 48.8 Å². The van der Waals surface area contributed by atoms with Gasteiger partial charge >= 0.3 is 0 Å². The molecule has 1 aliphatic heterocycles. The van der Waals surface area contributed by atoms with Gasteiger partial charge in [0.1, 0.15) is 5.56 Å². The first-order valence-electron chi connectivity index (χ1n) is 9.01. The second kappa shape index (κ2) is 7.99. The van der Waals surface area contributed by atoms with E-state index in [1.165, 1.54) is 24.9 Å². The van der Waals surface area contributed by atoms with E-state index < -0.39 is 11.9 Å². The van der Waals surface area contributed by atoms with E-state index in [-0.39, 0.29) is 5.91 Å². The Labute approximate surface area is 153 Å². The molecule has 0 aliphatic carbocycles. The van der Waals surface area contributed by atoms with Gasteiger partial charge in [-0.05, 0) is 49.6 Å². The van der Waals surface area contributed by atoms with Crippen molar-refractivity contribution in [3.05, 3.63) is 54.4 Å². The highest BCUT2D eigenvalue weighted by atomic mass is 16.2. The lowest BCUT2D eigenvalue weighted by Crippen LogP contribution is -2.44. The fourth-order valence-electron chi connectivity index (χ4n) is 3.17. The van der Waals surface area contributed by atoms with E-state index >= 15 is 0 Å². The molecule has 0 unspecified atom stereocenters. The maximum atomic E-state index is 12.5. The molecule has 0 radical (unpaired) electrons. The lowest BCUT2D eigenvalue weighted by molar-refractivity contribution is -0.705. The normalized spacial score (nSPS) is 15.3. The third-order valence-electron chi connectivity index (χ3n) is 4.79. The molecular formula is C20H25N4O2+. The number of carbonyl (C=O) groups excluding carboxylic acids is 2. The molecule has 26 heavy (non-hydrogen) atoms. The highest BCUT2D eigenvalue weighted by Gasteiger charge is 2.23. The molecule has 2 heterocycles. The van der Waals surface area contributed by atoms with E-state index in [4.69, 9.17) is 5.73 Å². The lowest BCUT2D eigenvalue weighted by Gasteiger charge is -2.28. The fourth-order valence-corrected chi connectivity index (χ4v) is 3.17. The summed E-state index contributed by atoms with van der Waals surface area (Å²) in [6, 6.07) is 10.8. The van der Waals surface area contributed by atoms with Crippen molar-refractivity contribution in [3.8, 4) is 0 Å². The number of hydrogen-bond donors (Lipinski definition) is 2. The van der Waals surface area contributed by atoms with Gasteiger partial charge in [0.25, 0.3) is 11.8 Å². The first-order chi connectivity index (χ1) is 12.5. The highest BCUT2D eigenvalue weighted by Crippen LogP contribution is 2.22. The Kier molecular flexibility index (Phi) is 5.51. The van der Waals surface area contributed by atoms with Crippen LogP contribution in [0.2, 0.25) is 0 Å². The Balaban J connectivity index is 1.65. The first-order valence-corrected chi connectivity index (χ1v) is 9.01. The Morgan fingerprint density at radius 1 is 1.12 bits per heavy atom. The van der Waals surface area contributed by atoms with Gasteiger partial charge in [-0.25, -0.2) is 0 Å². The molecule has 6 nitrogen and oxygen atoms in total. The van der Waals surface area contributed by atoms with Crippen LogP contribution in [0.3, 0.4) is 0 Å². The summed E-state index contributed by atoms with van der Waals surface area (Å²) in [6.07, 6.45) is 7.11. The molecule has 1 aliphatic rings. The van der Waals surface area contributed by atoms with Crippen molar-refractivity contribution in [2.75, 3.05) is 23.3 Å². The number of aromatic nitrogens is 1. The van der Waals surface area contributed by atoms with Gasteiger partial charge in [0.2, 0.25) is 6.04 Å². The Morgan fingerprint density at radius 3 is 2.46 bits per heavy atom. The van der Waals surface area contributed by atoms with Gasteiger partial charge in [0.15, 0.2) is 12.4 Å². The number of primary amides is 1. The van der Waals surface area contributed by atoms with E-state index in [1.807, 2.05) is 24.3 Å². The number of piperidine rings is 1. The molecule has 3 N–H and O–H groups in total. The van der Waals surface area contributed by atoms with E-state index in [1.54, 1.807) is 36.0 Å². The minimum Gasteiger partial charge on any atom is -0.372 e. The summed E-state index contributed by atoms with van der Waals surface area (Å²) in [5.41, 5.74) is 7.63. The number of nitrogens with two attached hydrogens (primary N) is 1. The van der Waals surface area contributed by atoms with E-state index in [2.05, 4.69) is 10.2 Å². The number of amides is 2. The smallest absolute Gasteiger partial charge is 0.293 e. The highest BCUT2D eigenvalue weighted by molar-refractivity contribution is 5.93. The quantitative estimate of drug-likeness (QED) is 0.809. The SMILES string of the molecule is C[C@@H](C(=O)Nc1ccc(N2CCCCC2)cc1)[n+]1cccc(C(N)=O)c1. The molecule has 2 amide bonds. The Hall–Kier alpha value is -2.89. The van der Waals surface area contributed by atoms with Gasteiger partial charge in [-0.2, -0.15) is 4.57 Å². The summed E-state index contributed by atoms with van der Waals surface area (Å²) in [7, 11) is 0. The average molecular weight is 353 g/mol. The standard InChI is InChI=1S/C20H24N4O2/c1-15(24-13-5-6-16(14-24)19(21)25)20(26)22-17-7-9-18(10-8-17)23-11-3-2-4-12-23/h5-10,13-15H,2-4,11-12H2,1H3,(H2-,21,22,25,26)/p+1/t15-/m0/s1. The first kappa shape index (κ1) is 17.9. The number of pyridine rings is 1. The van der Waals surface area contributed by atoms with Crippen molar-refractivity contribution in [2.45, 2.75) is 32.2 Å². The minimum absolute atomic E-state index is 0.151. The summed E-state index contributed by atoms with van der Waals surface area (Å²) in [5.74, 6) is -0.664. The van der Waals surface area contributed by atoms with Crippen molar-refractivity contribution in [3.63, 3.8) is 0 Å². The van der Waals surface area contributed by atoms with Crippen LogP contribution in [0.1, 0.15) is 42.6 Å². The third kappa shape index (κ3) is 4.20. The van der Waals surface area contributed by atoms with Crippen LogP contribution in [0.25, 0.3) is 0 Å². The predicted octanol–water partition coefficient (Wildman–Crippen LogP) is 2.26. The monoisotopic (exact) mass is 353 g/mol. The summed E-state index contributed by atoms with van der Waals surface area (Å²) in [5, 5.41) is 2.92. The summed E-state index contributed by atoms with van der Waals surface area (Å²) >= 11 is 0. The molecule has 1 fully saturated rings. The second-order valence-corrected chi connectivity index (χ2v) is 6.66. The molecule has 1 saturated heterocycles. The van der Waals surface area contributed by atoms with E-state index in [0.29, 0.717) is 5.56 Å². The molecule has 0 saturated carbocycles. The molecule has 0 bridgehead atoms. The van der Waals surface area contributed by atoms with Crippen LogP contribution in [-0.2, 0) is 4.79 Å². The van der Waals surface area contributed by atoms with Crippen molar-refractivity contribution in [1.82, 2.24) is 0 Å². The lowest BCUT2D eigenvalue weighted by atomic mass is 10.1. The van der Waals surface area contributed by atoms with E-state index in [9.17, 15) is 9.59 Å². The number of nitrogens with one attached hydrogen (secondary N) is 1. The van der Waals surface area contributed by atoms with Crippen molar-refractivity contribution in [1.29, 1.82) is 0 Å². The van der Waals surface area contributed by atoms with Crippen LogP contribution in [0.5, 0.6) is 0 Å². The number of hydrogen-bond acceptors (Lipinski definition) is 3. The third-order valence-corrected chi connectivity index (χ3v) is 4.79. The number of carbonyl (C=O) groups is 2. The average Bonchev–Trinajstić information content (AvgIpc) is 2.68. The van der Waals surface area contributed by atoms with Crippen LogP contribution in [-0.4, -0.2) is 24.9 Å². The van der Waals surface area contributed by atoms with Gasteiger partial charge in [-0.1, -0.05) is 0 Å². The Morgan fingerprint density at radius 2 is 1.81 bits per heavy atom. The van der Waals surface area contributed by atoms with Gasteiger partial charge in [0, 0.05) is 37.5 Å². The molecule has 1 aromatic heterocycles. The van der Waals surface area contributed by atoms with E-state index in [0.717, 1.165) is 18.8 Å². The van der Waals surface area contributed by atoms with Gasteiger partial charge < -0.3 is 16.0 Å². The molecule has 1 aromatic carbocycles. The van der Waals surface area contributed by atoms with Crippen LogP contribution in [0, 0.1) is 0 Å². The van der Waals surface area contributed by atoms with Gasteiger partial charge in [0.05, 0.1) is 0 Å². The van der Waals surface area contributed by atoms with Gasteiger partial charge in [-0.3, -0.25) is 9.59 Å². The molecule has 136 valence electrons. The van der Waals surface area contributed by atoms with Crippen molar-refractivity contribution in [2.24, 2.45) is 5.73 Å². The second-order valence-electron chi connectivity index (χ2n) is 6.66. The molecule has 0 spiro atoms. The zero-order valence-corrected chi connectivity index (χ0v) is 15.0. The predicted molar refractivity (Wildman–Crippen MR) is 101 cm³/mol. The molecule has 1 atom stereocenters. The molecular weight excluding hydrogens is 328 g/mol. The molecule has 6 heteroatoms. The van der Waals surface area contributed by atoms with Crippen molar-refractivity contribution < 1.29 is 14.2 Å². The largest absolute Gasteiger partial charge is 0.372 e. The van der Waals surface area contributed by atoms with Gasteiger partial charge in [-0.15, -0.1) is 0 Å². The summed E-state index contributed by atoms with van der Waals surface area (Å²) < 4.78 is 1.68. The van der Waals surface area contributed by atoms with Crippen LogP contribution >= 0.6 is 0 Å². The number of nitrogens with zero attached hydrogens (tertiary/aromatic N) is 2. The van der Waals surface area contributed by atoms with Crippen molar-refractivity contribution >= 4 is 23.2 Å². The van der Waals surface area contributed by atoms with Crippen LogP contribution < -0.4 is 20.5 Å². The Bertz CT molecular complexity index is 783. The topological polar surface area (TPSA) is 79.3 Å². The maximum absolute atomic E-state index is 12.5. The summed E-state index contributed by atoms with van der Waals surface area (Å²) in [6.45, 7) is 3.97.